The Kier molecular flexibility index (Phi) is 3.76. The van der Waals surface area contributed by atoms with E-state index in [1.807, 2.05) is 6.92 Å². The SMILES string of the molecule is Cc1cc(C(=O)N[C@H]2COC3(CCCC3)C2)c2ccc(F)cc2n1. The summed E-state index contributed by atoms with van der Waals surface area (Å²) in [6, 6.07) is 6.15. The third-order valence-corrected chi connectivity index (χ3v) is 5.20. The highest BCUT2D eigenvalue weighted by molar-refractivity contribution is 6.06. The number of hydrogen-bond acceptors (Lipinski definition) is 3. The van der Waals surface area contributed by atoms with E-state index in [0.717, 1.165) is 19.3 Å². The Morgan fingerprint density at radius 1 is 1.33 bits per heavy atom. The van der Waals surface area contributed by atoms with E-state index in [1.165, 1.54) is 25.0 Å². The smallest absolute Gasteiger partial charge is 0.252 e. The topological polar surface area (TPSA) is 51.2 Å². The molecule has 24 heavy (non-hydrogen) atoms. The largest absolute Gasteiger partial charge is 0.373 e. The number of aromatic nitrogens is 1. The van der Waals surface area contributed by atoms with Crippen LogP contribution >= 0.6 is 0 Å². The van der Waals surface area contributed by atoms with Gasteiger partial charge in [-0.2, -0.15) is 0 Å². The van der Waals surface area contributed by atoms with Crippen LogP contribution in [-0.4, -0.2) is 29.1 Å². The van der Waals surface area contributed by atoms with Crippen molar-refractivity contribution in [3.8, 4) is 0 Å². The van der Waals surface area contributed by atoms with Gasteiger partial charge >= 0.3 is 0 Å². The van der Waals surface area contributed by atoms with Gasteiger partial charge in [-0.05, 0) is 44.4 Å². The molecule has 1 aromatic heterocycles. The van der Waals surface area contributed by atoms with Gasteiger partial charge in [0.2, 0.25) is 0 Å². The second-order valence-corrected chi connectivity index (χ2v) is 7.05. The number of hydrogen-bond donors (Lipinski definition) is 1. The van der Waals surface area contributed by atoms with E-state index in [1.54, 1.807) is 12.1 Å². The molecule has 126 valence electrons. The first-order chi connectivity index (χ1) is 11.5. The third-order valence-electron chi connectivity index (χ3n) is 5.20. The van der Waals surface area contributed by atoms with Gasteiger partial charge in [0.15, 0.2) is 0 Å². The highest BCUT2D eigenvalue weighted by Gasteiger charge is 2.42. The van der Waals surface area contributed by atoms with Gasteiger partial charge in [-0.1, -0.05) is 12.8 Å². The first-order valence-electron chi connectivity index (χ1n) is 8.56. The van der Waals surface area contributed by atoms with Crippen molar-refractivity contribution in [2.75, 3.05) is 6.61 Å². The van der Waals surface area contributed by atoms with E-state index in [-0.39, 0.29) is 23.4 Å². The molecule has 1 spiro atoms. The van der Waals surface area contributed by atoms with E-state index in [9.17, 15) is 9.18 Å². The Hall–Kier alpha value is -2.01. The fourth-order valence-corrected chi connectivity index (χ4v) is 4.09. The van der Waals surface area contributed by atoms with Crippen molar-refractivity contribution in [1.82, 2.24) is 10.3 Å². The maximum absolute atomic E-state index is 13.4. The molecule has 0 unspecified atom stereocenters. The van der Waals surface area contributed by atoms with E-state index < -0.39 is 0 Å². The fourth-order valence-electron chi connectivity index (χ4n) is 4.09. The summed E-state index contributed by atoms with van der Waals surface area (Å²) in [6.45, 7) is 2.38. The average Bonchev–Trinajstić information content (AvgIpc) is 3.16. The number of rotatable bonds is 2. The van der Waals surface area contributed by atoms with E-state index in [0.29, 0.717) is 28.8 Å². The molecule has 1 aliphatic carbocycles. The standard InChI is InChI=1S/C19H21FN2O2/c1-12-8-16(15-5-4-13(20)9-17(15)21-12)18(23)22-14-10-19(24-11-14)6-2-3-7-19/h4-5,8-9,14H,2-3,6-7,10-11H2,1H3,(H,22,23)/t14-/m1/s1. The second-order valence-electron chi connectivity index (χ2n) is 7.05. The molecule has 2 fully saturated rings. The zero-order valence-electron chi connectivity index (χ0n) is 13.8. The molecule has 2 heterocycles. The van der Waals surface area contributed by atoms with Crippen molar-refractivity contribution in [1.29, 1.82) is 0 Å². The normalized spacial score (nSPS) is 22.3. The lowest BCUT2D eigenvalue weighted by molar-refractivity contribution is 0.00988. The summed E-state index contributed by atoms with van der Waals surface area (Å²) < 4.78 is 19.4. The number of pyridine rings is 1. The van der Waals surface area contributed by atoms with Crippen LogP contribution in [0, 0.1) is 12.7 Å². The van der Waals surface area contributed by atoms with Crippen molar-refractivity contribution in [2.24, 2.45) is 0 Å². The predicted octanol–water partition coefficient (Wildman–Crippen LogP) is 3.51. The molecule has 1 atom stereocenters. The molecular formula is C19H21FN2O2. The number of amides is 1. The second kappa shape index (κ2) is 5.81. The van der Waals surface area contributed by atoms with Gasteiger partial charge in [0, 0.05) is 17.1 Å². The number of ether oxygens (including phenoxy) is 1. The van der Waals surface area contributed by atoms with Gasteiger partial charge in [-0.15, -0.1) is 0 Å². The zero-order valence-corrected chi connectivity index (χ0v) is 13.8. The molecule has 4 rings (SSSR count). The minimum Gasteiger partial charge on any atom is -0.373 e. The number of halogens is 1. The van der Waals surface area contributed by atoms with E-state index in [4.69, 9.17) is 4.74 Å². The van der Waals surface area contributed by atoms with E-state index >= 15 is 0 Å². The lowest BCUT2D eigenvalue weighted by Gasteiger charge is -2.21. The summed E-state index contributed by atoms with van der Waals surface area (Å²) in [5.41, 5.74) is 1.74. The first-order valence-corrected chi connectivity index (χ1v) is 8.56. The Morgan fingerprint density at radius 2 is 2.12 bits per heavy atom. The Morgan fingerprint density at radius 3 is 2.92 bits per heavy atom. The van der Waals surface area contributed by atoms with E-state index in [2.05, 4.69) is 10.3 Å². The van der Waals surface area contributed by atoms with Crippen LogP contribution in [0.5, 0.6) is 0 Å². The molecule has 0 bridgehead atoms. The lowest BCUT2D eigenvalue weighted by Crippen LogP contribution is -2.36. The van der Waals surface area contributed by atoms with Crippen LogP contribution in [0.15, 0.2) is 24.3 Å². The van der Waals surface area contributed by atoms with Crippen LogP contribution < -0.4 is 5.32 Å². The third kappa shape index (κ3) is 2.77. The van der Waals surface area contributed by atoms with Crippen LogP contribution in [0.1, 0.15) is 48.2 Å². The summed E-state index contributed by atoms with van der Waals surface area (Å²) in [7, 11) is 0. The molecule has 1 N–H and O–H groups in total. The molecule has 1 amide bonds. The maximum Gasteiger partial charge on any atom is 0.252 e. The first kappa shape index (κ1) is 15.5. The van der Waals surface area contributed by atoms with Gasteiger partial charge in [-0.3, -0.25) is 9.78 Å². The molecule has 5 heteroatoms. The Labute approximate surface area is 140 Å². The average molecular weight is 328 g/mol. The fraction of sp³-hybridized carbons (Fsp3) is 0.474. The predicted molar refractivity (Wildman–Crippen MR) is 89.5 cm³/mol. The number of carbonyl (C=O) groups is 1. The minimum absolute atomic E-state index is 0.0166. The number of nitrogens with one attached hydrogen (secondary N) is 1. The van der Waals surface area contributed by atoms with Crippen LogP contribution in [-0.2, 0) is 4.74 Å². The molecule has 1 aromatic carbocycles. The van der Waals surface area contributed by atoms with Crippen molar-refractivity contribution in [3.05, 3.63) is 41.3 Å². The van der Waals surface area contributed by atoms with Crippen LogP contribution in [0.2, 0.25) is 0 Å². The van der Waals surface area contributed by atoms with Crippen molar-refractivity contribution in [2.45, 2.75) is 50.7 Å². The van der Waals surface area contributed by atoms with Gasteiger partial charge in [0.1, 0.15) is 5.82 Å². The summed E-state index contributed by atoms with van der Waals surface area (Å²) in [6.07, 6.45) is 5.49. The molecular weight excluding hydrogens is 307 g/mol. The molecule has 1 saturated heterocycles. The monoisotopic (exact) mass is 328 g/mol. The van der Waals surface area contributed by atoms with Crippen molar-refractivity contribution in [3.63, 3.8) is 0 Å². The lowest BCUT2D eigenvalue weighted by atomic mass is 9.96. The molecule has 2 aromatic rings. The van der Waals surface area contributed by atoms with Crippen LogP contribution in [0.25, 0.3) is 10.9 Å². The van der Waals surface area contributed by atoms with Gasteiger partial charge in [-0.25, -0.2) is 4.39 Å². The quantitative estimate of drug-likeness (QED) is 0.918. The molecule has 2 aliphatic rings. The van der Waals surface area contributed by atoms with Crippen LogP contribution in [0.3, 0.4) is 0 Å². The number of benzene rings is 1. The van der Waals surface area contributed by atoms with Gasteiger partial charge < -0.3 is 10.1 Å². The van der Waals surface area contributed by atoms with Gasteiger partial charge in [0.25, 0.3) is 5.91 Å². The zero-order chi connectivity index (χ0) is 16.7. The molecule has 4 nitrogen and oxygen atoms in total. The van der Waals surface area contributed by atoms with Crippen LogP contribution in [0.4, 0.5) is 4.39 Å². The minimum atomic E-state index is -0.348. The molecule has 0 radical (unpaired) electrons. The molecule has 1 saturated carbocycles. The summed E-state index contributed by atoms with van der Waals surface area (Å²) in [5.74, 6) is -0.486. The number of aryl methyl sites for hydroxylation is 1. The maximum atomic E-state index is 13.4. The molecule has 1 aliphatic heterocycles. The Bertz CT molecular complexity index is 794. The Balaban J connectivity index is 1.57. The highest BCUT2D eigenvalue weighted by Crippen LogP contribution is 2.40. The number of carbonyl (C=O) groups excluding carboxylic acids is 1. The number of fused-ring (bicyclic) bond motifs is 1. The van der Waals surface area contributed by atoms with Crippen molar-refractivity contribution < 1.29 is 13.9 Å². The number of nitrogens with zero attached hydrogens (tertiary/aromatic N) is 1. The van der Waals surface area contributed by atoms with Crippen molar-refractivity contribution >= 4 is 16.8 Å². The van der Waals surface area contributed by atoms with Gasteiger partial charge in [0.05, 0.1) is 29.3 Å². The highest BCUT2D eigenvalue weighted by atomic mass is 19.1. The summed E-state index contributed by atoms with van der Waals surface area (Å²) >= 11 is 0. The summed E-state index contributed by atoms with van der Waals surface area (Å²) in [5, 5.41) is 3.77. The summed E-state index contributed by atoms with van der Waals surface area (Å²) in [4.78, 5) is 17.1.